The fourth-order valence-corrected chi connectivity index (χ4v) is 2.31. The highest BCUT2D eigenvalue weighted by Crippen LogP contribution is 2.21. The van der Waals surface area contributed by atoms with Gasteiger partial charge in [0.05, 0.1) is 6.54 Å². The fraction of sp³-hybridized carbons (Fsp3) is 0.933. The molecule has 1 fully saturated rings. The van der Waals surface area contributed by atoms with Crippen LogP contribution in [0, 0.1) is 5.92 Å². The number of hydrogen-bond acceptors (Lipinski definition) is 3. The SMILES string of the molecule is CCC(C)NCC(=O)CCCCC1CCOCC1. The topological polar surface area (TPSA) is 38.3 Å². The van der Waals surface area contributed by atoms with Gasteiger partial charge in [0.1, 0.15) is 5.78 Å². The monoisotopic (exact) mass is 255 g/mol. The molecule has 1 rings (SSSR count). The average Bonchev–Trinajstić information content (AvgIpc) is 2.42. The van der Waals surface area contributed by atoms with Crippen LogP contribution < -0.4 is 5.32 Å². The van der Waals surface area contributed by atoms with E-state index < -0.39 is 0 Å². The predicted octanol–water partition coefficient (Wildman–Crippen LogP) is 2.93. The van der Waals surface area contributed by atoms with Crippen molar-refractivity contribution in [1.29, 1.82) is 0 Å². The van der Waals surface area contributed by atoms with E-state index in [2.05, 4.69) is 19.2 Å². The van der Waals surface area contributed by atoms with Gasteiger partial charge in [-0.3, -0.25) is 4.79 Å². The molecule has 1 N–H and O–H groups in total. The Kier molecular flexibility index (Phi) is 8.27. The fourth-order valence-electron chi connectivity index (χ4n) is 2.31. The molecular formula is C15H29NO2. The number of Topliss-reactive ketones (excluding diaryl/α,β-unsaturated/α-hetero) is 1. The lowest BCUT2D eigenvalue weighted by Gasteiger charge is -2.21. The van der Waals surface area contributed by atoms with Crippen molar-refractivity contribution in [3.05, 3.63) is 0 Å². The molecule has 0 aromatic carbocycles. The molecule has 1 heterocycles. The summed E-state index contributed by atoms with van der Waals surface area (Å²) in [5.74, 6) is 1.20. The Morgan fingerprint density at radius 2 is 2.06 bits per heavy atom. The normalized spacial score (nSPS) is 18.8. The van der Waals surface area contributed by atoms with E-state index in [1.165, 1.54) is 25.7 Å². The number of unbranched alkanes of at least 4 members (excludes halogenated alkanes) is 1. The molecule has 0 aromatic heterocycles. The van der Waals surface area contributed by atoms with E-state index >= 15 is 0 Å². The summed E-state index contributed by atoms with van der Waals surface area (Å²) < 4.78 is 5.35. The zero-order valence-corrected chi connectivity index (χ0v) is 12.0. The number of nitrogens with one attached hydrogen (secondary N) is 1. The molecule has 1 aliphatic heterocycles. The van der Waals surface area contributed by atoms with Gasteiger partial charge in [0.15, 0.2) is 0 Å². The number of rotatable bonds is 9. The third-order valence-corrected chi connectivity index (χ3v) is 3.92. The van der Waals surface area contributed by atoms with E-state index in [0.29, 0.717) is 18.4 Å². The molecule has 3 nitrogen and oxygen atoms in total. The van der Waals surface area contributed by atoms with Crippen LogP contribution in [0.15, 0.2) is 0 Å². The number of carbonyl (C=O) groups excluding carboxylic acids is 1. The Morgan fingerprint density at radius 1 is 1.33 bits per heavy atom. The van der Waals surface area contributed by atoms with Gasteiger partial charge in [-0.2, -0.15) is 0 Å². The Morgan fingerprint density at radius 3 is 2.72 bits per heavy atom. The number of ketones is 1. The van der Waals surface area contributed by atoms with E-state index in [1.807, 2.05) is 0 Å². The maximum absolute atomic E-state index is 11.6. The van der Waals surface area contributed by atoms with Crippen molar-refractivity contribution in [3.8, 4) is 0 Å². The smallest absolute Gasteiger partial charge is 0.146 e. The molecule has 0 aliphatic carbocycles. The number of ether oxygens (including phenoxy) is 1. The van der Waals surface area contributed by atoms with Gasteiger partial charge in [0, 0.05) is 25.7 Å². The van der Waals surface area contributed by atoms with Gasteiger partial charge in [0.25, 0.3) is 0 Å². The number of hydrogen-bond donors (Lipinski definition) is 1. The molecule has 1 unspecified atom stereocenters. The van der Waals surface area contributed by atoms with Crippen LogP contribution in [-0.2, 0) is 9.53 Å². The molecule has 0 aromatic rings. The van der Waals surface area contributed by atoms with Gasteiger partial charge in [-0.25, -0.2) is 0 Å². The molecule has 0 bridgehead atoms. The zero-order chi connectivity index (χ0) is 13.2. The first kappa shape index (κ1) is 15.6. The summed E-state index contributed by atoms with van der Waals surface area (Å²) in [7, 11) is 0. The van der Waals surface area contributed by atoms with Gasteiger partial charge >= 0.3 is 0 Å². The van der Waals surface area contributed by atoms with Crippen molar-refractivity contribution in [2.75, 3.05) is 19.8 Å². The van der Waals surface area contributed by atoms with Crippen LogP contribution in [0.2, 0.25) is 0 Å². The molecule has 18 heavy (non-hydrogen) atoms. The lowest BCUT2D eigenvalue weighted by atomic mass is 9.93. The lowest BCUT2D eigenvalue weighted by molar-refractivity contribution is -0.118. The second-order valence-electron chi connectivity index (χ2n) is 5.53. The van der Waals surface area contributed by atoms with Gasteiger partial charge in [-0.15, -0.1) is 0 Å². The van der Waals surface area contributed by atoms with Crippen molar-refractivity contribution in [2.45, 2.75) is 64.8 Å². The molecule has 3 heteroatoms. The van der Waals surface area contributed by atoms with Crippen molar-refractivity contribution in [3.63, 3.8) is 0 Å². The van der Waals surface area contributed by atoms with Crippen LogP contribution >= 0.6 is 0 Å². The maximum Gasteiger partial charge on any atom is 0.146 e. The molecular weight excluding hydrogens is 226 g/mol. The standard InChI is InChI=1S/C15H29NO2/c1-3-13(2)16-12-15(17)7-5-4-6-14-8-10-18-11-9-14/h13-14,16H,3-12H2,1-2H3. The average molecular weight is 255 g/mol. The van der Waals surface area contributed by atoms with Crippen LogP contribution in [0.4, 0.5) is 0 Å². The van der Waals surface area contributed by atoms with Crippen molar-refractivity contribution in [1.82, 2.24) is 5.32 Å². The van der Waals surface area contributed by atoms with Gasteiger partial charge in [0.2, 0.25) is 0 Å². The minimum Gasteiger partial charge on any atom is -0.381 e. The summed E-state index contributed by atoms with van der Waals surface area (Å²) in [5, 5.41) is 3.26. The van der Waals surface area contributed by atoms with Crippen LogP contribution in [-0.4, -0.2) is 31.6 Å². The minimum absolute atomic E-state index is 0.363. The van der Waals surface area contributed by atoms with Crippen molar-refractivity contribution < 1.29 is 9.53 Å². The second-order valence-corrected chi connectivity index (χ2v) is 5.53. The Labute approximate surface area is 112 Å². The van der Waals surface area contributed by atoms with Crippen LogP contribution in [0.1, 0.15) is 58.8 Å². The van der Waals surface area contributed by atoms with Crippen LogP contribution in [0.5, 0.6) is 0 Å². The van der Waals surface area contributed by atoms with Crippen LogP contribution in [0.3, 0.4) is 0 Å². The van der Waals surface area contributed by atoms with E-state index in [0.717, 1.165) is 38.4 Å². The molecule has 1 aliphatic rings. The van der Waals surface area contributed by atoms with Gasteiger partial charge < -0.3 is 10.1 Å². The summed E-state index contributed by atoms with van der Waals surface area (Å²) in [5.41, 5.74) is 0. The second kappa shape index (κ2) is 9.51. The molecule has 1 saturated heterocycles. The molecule has 0 saturated carbocycles. The van der Waals surface area contributed by atoms with E-state index in [4.69, 9.17) is 4.74 Å². The largest absolute Gasteiger partial charge is 0.381 e. The summed E-state index contributed by atoms with van der Waals surface area (Å²) in [4.78, 5) is 11.6. The third kappa shape index (κ3) is 7.12. The lowest BCUT2D eigenvalue weighted by Crippen LogP contribution is -2.30. The zero-order valence-electron chi connectivity index (χ0n) is 12.0. The van der Waals surface area contributed by atoms with Gasteiger partial charge in [-0.1, -0.05) is 19.8 Å². The summed E-state index contributed by atoms with van der Waals surface area (Å²) in [6.45, 7) is 6.67. The first-order chi connectivity index (χ1) is 8.72. The maximum atomic E-state index is 11.6. The highest BCUT2D eigenvalue weighted by atomic mass is 16.5. The molecule has 106 valence electrons. The van der Waals surface area contributed by atoms with E-state index in [-0.39, 0.29) is 0 Å². The highest BCUT2D eigenvalue weighted by molar-refractivity contribution is 5.80. The highest BCUT2D eigenvalue weighted by Gasteiger charge is 2.13. The van der Waals surface area contributed by atoms with Crippen LogP contribution in [0.25, 0.3) is 0 Å². The molecule has 1 atom stereocenters. The van der Waals surface area contributed by atoms with Crippen molar-refractivity contribution >= 4 is 5.78 Å². The Hall–Kier alpha value is -0.410. The van der Waals surface area contributed by atoms with Crippen molar-refractivity contribution in [2.24, 2.45) is 5.92 Å². The Bertz CT molecular complexity index is 225. The van der Waals surface area contributed by atoms with E-state index in [9.17, 15) is 4.79 Å². The third-order valence-electron chi connectivity index (χ3n) is 3.92. The van der Waals surface area contributed by atoms with Gasteiger partial charge in [-0.05, 0) is 38.5 Å². The number of carbonyl (C=O) groups is 1. The molecule has 0 amide bonds. The summed E-state index contributed by atoms with van der Waals surface area (Å²) in [6.07, 6.45) is 7.77. The first-order valence-electron chi connectivity index (χ1n) is 7.55. The molecule has 0 radical (unpaired) electrons. The summed E-state index contributed by atoms with van der Waals surface area (Å²) >= 11 is 0. The molecule has 0 spiro atoms. The minimum atomic E-state index is 0.363. The Balaban J connectivity index is 1.94. The summed E-state index contributed by atoms with van der Waals surface area (Å²) in [6, 6.07) is 0.455. The van der Waals surface area contributed by atoms with E-state index in [1.54, 1.807) is 0 Å². The first-order valence-corrected chi connectivity index (χ1v) is 7.55. The predicted molar refractivity (Wildman–Crippen MR) is 74.8 cm³/mol. The quantitative estimate of drug-likeness (QED) is 0.644.